The molecule has 0 saturated carbocycles. The molecule has 1 amide bonds. The molecule has 0 bridgehead atoms. The molecule has 2 heteroatoms. The topological polar surface area (TPSA) is 43.1 Å². The van der Waals surface area contributed by atoms with Crippen molar-refractivity contribution in [1.82, 2.24) is 0 Å². The molecule has 0 heterocycles. The number of allylic oxidation sites excluding steroid dienone is 2. The van der Waals surface area contributed by atoms with Crippen molar-refractivity contribution in [3.63, 3.8) is 0 Å². The summed E-state index contributed by atoms with van der Waals surface area (Å²) in [7, 11) is 0. The highest BCUT2D eigenvalue weighted by Crippen LogP contribution is 2.40. The molecule has 0 unspecified atom stereocenters. The summed E-state index contributed by atoms with van der Waals surface area (Å²) >= 11 is 0. The minimum Gasteiger partial charge on any atom is -0.372 e. The van der Waals surface area contributed by atoms with Crippen LogP contribution in [-0.2, 0) is 4.79 Å². The van der Waals surface area contributed by atoms with E-state index in [0.717, 1.165) is 0 Å². The molecule has 2 N–H and O–H groups in total. The lowest BCUT2D eigenvalue weighted by molar-refractivity contribution is -0.106. The summed E-state index contributed by atoms with van der Waals surface area (Å²) in [6.45, 7) is 9.09. The van der Waals surface area contributed by atoms with E-state index in [4.69, 9.17) is 4.79 Å². The molecule has 0 aromatic heterocycles. The third-order valence-electron chi connectivity index (χ3n) is 3.42. The summed E-state index contributed by atoms with van der Waals surface area (Å²) in [5.41, 5.74) is 7.56. The molecule has 0 saturated heterocycles. The zero-order valence-electron chi connectivity index (χ0n) is 14.1. The molecule has 118 valence electrons. The highest BCUT2D eigenvalue weighted by molar-refractivity contribution is 5.67. The number of carbonyl (C=O) groups excluding carboxylic acids is 1. The lowest BCUT2D eigenvalue weighted by atomic mass is 9.88. The molecule has 0 aliphatic heterocycles. The van der Waals surface area contributed by atoms with Gasteiger partial charge in [-0.25, -0.2) is 0 Å². The van der Waals surface area contributed by atoms with Crippen molar-refractivity contribution in [3.05, 3.63) is 42.0 Å². The van der Waals surface area contributed by atoms with Crippen LogP contribution in [0.5, 0.6) is 0 Å². The van der Waals surface area contributed by atoms with E-state index in [1.54, 1.807) is 0 Å². The zero-order valence-corrected chi connectivity index (χ0v) is 14.1. The third-order valence-corrected chi connectivity index (χ3v) is 3.42. The minimum atomic E-state index is 0.250. The van der Waals surface area contributed by atoms with Gasteiger partial charge in [-0.15, -0.1) is 0 Å². The summed E-state index contributed by atoms with van der Waals surface area (Å²) < 4.78 is 0. The summed E-state index contributed by atoms with van der Waals surface area (Å²) in [5, 5.41) is 0. The highest BCUT2D eigenvalue weighted by atomic mass is 16.1. The van der Waals surface area contributed by atoms with Gasteiger partial charge in [0.25, 0.3) is 0 Å². The second-order valence-electron chi connectivity index (χ2n) is 6.13. The van der Waals surface area contributed by atoms with Crippen LogP contribution in [0.25, 0.3) is 5.57 Å². The number of hydrogen-bond acceptors (Lipinski definition) is 1. The molecule has 0 atom stereocenters. The molecule has 1 aromatic carbocycles. The fourth-order valence-electron chi connectivity index (χ4n) is 2.29. The van der Waals surface area contributed by atoms with Crippen molar-refractivity contribution in [2.24, 2.45) is 11.1 Å². The Morgan fingerprint density at radius 3 is 2.00 bits per heavy atom. The van der Waals surface area contributed by atoms with E-state index >= 15 is 0 Å². The van der Waals surface area contributed by atoms with Gasteiger partial charge in [0.05, 0.1) is 0 Å². The van der Waals surface area contributed by atoms with E-state index in [1.165, 1.54) is 43.2 Å². The van der Waals surface area contributed by atoms with Gasteiger partial charge in [-0.1, -0.05) is 83.4 Å². The Morgan fingerprint density at radius 1 is 1.14 bits per heavy atom. The quantitative estimate of drug-likeness (QED) is 0.765. The summed E-state index contributed by atoms with van der Waals surface area (Å²) in [6.07, 6.45) is 9.15. The van der Waals surface area contributed by atoms with E-state index in [-0.39, 0.29) is 6.41 Å². The fourth-order valence-corrected chi connectivity index (χ4v) is 2.29. The number of carbonyl (C=O) groups is 1. The molecule has 0 spiro atoms. The van der Waals surface area contributed by atoms with Crippen molar-refractivity contribution in [2.45, 2.75) is 59.8 Å². The summed E-state index contributed by atoms with van der Waals surface area (Å²) in [6, 6.07) is 10.7. The van der Waals surface area contributed by atoms with E-state index < -0.39 is 0 Å². The van der Waals surface area contributed by atoms with Crippen LogP contribution in [0.3, 0.4) is 0 Å². The van der Waals surface area contributed by atoms with Gasteiger partial charge in [-0.3, -0.25) is 4.79 Å². The average Bonchev–Trinajstić information content (AvgIpc) is 2.83. The first-order chi connectivity index (χ1) is 10.0. The lowest BCUT2D eigenvalue weighted by Crippen LogP contribution is -2.04. The van der Waals surface area contributed by atoms with Crippen molar-refractivity contribution in [1.29, 1.82) is 0 Å². The second kappa shape index (κ2) is 11.1. The predicted octanol–water partition coefficient (Wildman–Crippen LogP) is 5.19. The van der Waals surface area contributed by atoms with Gasteiger partial charge < -0.3 is 5.73 Å². The molecule has 1 aliphatic rings. The summed E-state index contributed by atoms with van der Waals surface area (Å²) in [4.78, 5) is 8.58. The number of unbranched alkanes of at least 4 members (excludes halogenated alkanes) is 2. The predicted molar refractivity (Wildman–Crippen MR) is 92.9 cm³/mol. The van der Waals surface area contributed by atoms with Crippen molar-refractivity contribution < 1.29 is 4.79 Å². The van der Waals surface area contributed by atoms with Gasteiger partial charge in [0.2, 0.25) is 6.41 Å². The SMILES string of the molecule is CC1(C)CC=C(c2ccccc2)C1.CCCCC.NC=O. The Hall–Kier alpha value is -1.57. The standard InChI is InChI=1S/C13H16.C5H12.CH3NO/c1-13(2)9-8-12(10-13)11-6-4-3-5-7-11;1-3-5-4-2;2-1-3/h3-8H,9-10H2,1-2H3;3-5H2,1-2H3;1H,(H2,2,3). The van der Waals surface area contributed by atoms with Crippen LogP contribution in [-0.4, -0.2) is 6.41 Å². The van der Waals surface area contributed by atoms with E-state index in [2.05, 4.69) is 69.8 Å². The van der Waals surface area contributed by atoms with Crippen LogP contribution >= 0.6 is 0 Å². The van der Waals surface area contributed by atoms with Crippen LogP contribution < -0.4 is 5.73 Å². The largest absolute Gasteiger partial charge is 0.372 e. The number of primary amides is 1. The molecular formula is C19H31NO. The number of hydrogen-bond donors (Lipinski definition) is 1. The molecule has 1 aliphatic carbocycles. The van der Waals surface area contributed by atoms with Gasteiger partial charge in [0, 0.05) is 0 Å². The molecule has 21 heavy (non-hydrogen) atoms. The van der Waals surface area contributed by atoms with Crippen LogP contribution in [0.2, 0.25) is 0 Å². The van der Waals surface area contributed by atoms with Gasteiger partial charge in [0.1, 0.15) is 0 Å². The molecule has 0 radical (unpaired) electrons. The van der Waals surface area contributed by atoms with Gasteiger partial charge in [-0.2, -0.15) is 0 Å². The molecule has 1 aromatic rings. The van der Waals surface area contributed by atoms with E-state index in [0.29, 0.717) is 5.41 Å². The normalized spacial score (nSPS) is 15.0. The smallest absolute Gasteiger partial charge is 0.204 e. The lowest BCUT2D eigenvalue weighted by Gasteiger charge is -2.16. The maximum Gasteiger partial charge on any atom is 0.204 e. The zero-order chi connectivity index (χ0) is 16.1. The maximum atomic E-state index is 8.58. The van der Waals surface area contributed by atoms with Crippen molar-refractivity contribution in [2.75, 3.05) is 0 Å². The number of amides is 1. The Balaban J connectivity index is 0.000000422. The van der Waals surface area contributed by atoms with E-state index in [1.807, 2.05) is 0 Å². The molecule has 2 rings (SSSR count). The van der Waals surface area contributed by atoms with Gasteiger partial charge in [-0.05, 0) is 29.4 Å². The Kier molecular flexibility index (Phi) is 10.3. The number of nitrogens with two attached hydrogens (primary N) is 1. The maximum absolute atomic E-state index is 8.58. The Labute approximate surface area is 130 Å². The Bertz CT molecular complexity index is 405. The van der Waals surface area contributed by atoms with Crippen LogP contribution in [0.4, 0.5) is 0 Å². The molecule has 0 fully saturated rings. The molecule has 2 nitrogen and oxygen atoms in total. The second-order valence-corrected chi connectivity index (χ2v) is 6.13. The van der Waals surface area contributed by atoms with Crippen molar-refractivity contribution >= 4 is 12.0 Å². The van der Waals surface area contributed by atoms with Crippen LogP contribution in [0.1, 0.15) is 65.4 Å². The number of rotatable bonds is 3. The monoisotopic (exact) mass is 289 g/mol. The van der Waals surface area contributed by atoms with Crippen LogP contribution in [0, 0.1) is 5.41 Å². The minimum absolute atomic E-state index is 0.250. The third kappa shape index (κ3) is 9.06. The first kappa shape index (κ1) is 19.4. The van der Waals surface area contributed by atoms with Gasteiger partial charge >= 0.3 is 0 Å². The highest BCUT2D eigenvalue weighted by Gasteiger charge is 2.24. The van der Waals surface area contributed by atoms with Gasteiger partial charge in [0.15, 0.2) is 0 Å². The van der Waals surface area contributed by atoms with Crippen molar-refractivity contribution in [3.8, 4) is 0 Å². The first-order valence-corrected chi connectivity index (χ1v) is 7.90. The van der Waals surface area contributed by atoms with Crippen LogP contribution in [0.15, 0.2) is 36.4 Å². The fraction of sp³-hybridized carbons (Fsp3) is 0.526. The van der Waals surface area contributed by atoms with E-state index in [9.17, 15) is 0 Å². The Morgan fingerprint density at radius 2 is 1.67 bits per heavy atom. The summed E-state index contributed by atoms with van der Waals surface area (Å²) in [5.74, 6) is 0. The molecular weight excluding hydrogens is 258 g/mol. The number of benzene rings is 1. The average molecular weight is 289 g/mol. The first-order valence-electron chi connectivity index (χ1n) is 7.90.